The van der Waals surface area contributed by atoms with Gasteiger partial charge in [0.2, 0.25) is 5.91 Å². The highest BCUT2D eigenvalue weighted by molar-refractivity contribution is 7.87. The van der Waals surface area contributed by atoms with Gasteiger partial charge in [0.15, 0.2) is 0 Å². The third-order valence-corrected chi connectivity index (χ3v) is 5.73. The van der Waals surface area contributed by atoms with E-state index in [2.05, 4.69) is 10.9 Å². The molecule has 0 aliphatic carbocycles. The van der Waals surface area contributed by atoms with Gasteiger partial charge in [0, 0.05) is 22.7 Å². The number of halogens is 1. The van der Waals surface area contributed by atoms with Gasteiger partial charge < -0.3 is 4.18 Å². The number of hydrogen-bond donors (Lipinski definition) is 2. The molecule has 0 unspecified atom stereocenters. The Morgan fingerprint density at radius 2 is 1.64 bits per heavy atom. The lowest BCUT2D eigenvalue weighted by molar-refractivity contribution is -0.385. The van der Waals surface area contributed by atoms with Crippen LogP contribution in [-0.2, 0) is 21.3 Å². The molecule has 0 saturated carbocycles. The fraction of sp³-hybridized carbons (Fsp3) is 0.0476. The highest BCUT2D eigenvalue weighted by atomic mass is 35.5. The van der Waals surface area contributed by atoms with E-state index in [1.54, 1.807) is 24.3 Å². The Kier molecular flexibility index (Phi) is 7.26. The van der Waals surface area contributed by atoms with E-state index < -0.39 is 32.5 Å². The molecule has 33 heavy (non-hydrogen) atoms. The maximum Gasteiger partial charge on any atom is 0.339 e. The van der Waals surface area contributed by atoms with Crippen molar-refractivity contribution in [2.45, 2.75) is 11.3 Å². The minimum atomic E-state index is -4.33. The molecule has 2 amide bonds. The third kappa shape index (κ3) is 6.51. The minimum absolute atomic E-state index is 0.0275. The van der Waals surface area contributed by atoms with Gasteiger partial charge in [0.1, 0.15) is 10.6 Å². The minimum Gasteiger partial charge on any atom is -0.379 e. The first-order valence-electron chi connectivity index (χ1n) is 9.27. The summed E-state index contributed by atoms with van der Waals surface area (Å²) in [6.07, 6.45) is 0.0275. The molecule has 2 N–H and O–H groups in total. The van der Waals surface area contributed by atoms with Crippen LogP contribution in [-0.4, -0.2) is 25.2 Å². The molecule has 0 radical (unpaired) electrons. The van der Waals surface area contributed by atoms with Gasteiger partial charge in [-0.2, -0.15) is 8.42 Å². The van der Waals surface area contributed by atoms with Gasteiger partial charge in [-0.3, -0.25) is 30.6 Å². The van der Waals surface area contributed by atoms with Crippen molar-refractivity contribution >= 4 is 39.2 Å². The Bertz CT molecular complexity index is 1290. The molecular formula is C21H16ClN3O7S. The Hall–Kier alpha value is -3.96. The summed E-state index contributed by atoms with van der Waals surface area (Å²) in [5, 5.41) is 11.4. The zero-order valence-electron chi connectivity index (χ0n) is 16.7. The predicted molar refractivity (Wildman–Crippen MR) is 118 cm³/mol. The number of carbonyl (C=O) groups is 2. The van der Waals surface area contributed by atoms with E-state index in [0.29, 0.717) is 10.6 Å². The van der Waals surface area contributed by atoms with Crippen molar-refractivity contribution in [3.05, 3.63) is 99.1 Å². The van der Waals surface area contributed by atoms with E-state index in [0.717, 1.165) is 18.2 Å². The smallest absolute Gasteiger partial charge is 0.339 e. The molecule has 10 nitrogen and oxygen atoms in total. The number of non-ortho nitro benzene ring substituents is 1. The monoisotopic (exact) mass is 489 g/mol. The average molecular weight is 490 g/mol. The SMILES string of the molecule is O=C(Cc1ccc(Cl)cc1)NNC(=O)c1ccc(OS(=O)(=O)c2cccc([N+](=O)[O-])c2)cc1. The molecule has 0 bridgehead atoms. The summed E-state index contributed by atoms with van der Waals surface area (Å²) in [4.78, 5) is 33.9. The number of nitro benzene ring substituents is 1. The second-order valence-electron chi connectivity index (χ2n) is 6.62. The number of hydrazine groups is 1. The lowest BCUT2D eigenvalue weighted by atomic mass is 10.1. The first-order valence-corrected chi connectivity index (χ1v) is 11.1. The largest absolute Gasteiger partial charge is 0.379 e. The van der Waals surface area contributed by atoms with Gasteiger partial charge in [0.05, 0.1) is 11.3 Å². The van der Waals surface area contributed by atoms with Crippen molar-refractivity contribution in [2.24, 2.45) is 0 Å². The van der Waals surface area contributed by atoms with Crippen molar-refractivity contribution in [1.82, 2.24) is 10.9 Å². The summed E-state index contributed by atoms with van der Waals surface area (Å²) in [6.45, 7) is 0. The molecule has 0 atom stereocenters. The molecule has 170 valence electrons. The summed E-state index contributed by atoms with van der Waals surface area (Å²) in [5.41, 5.74) is 4.97. The molecule has 0 spiro atoms. The predicted octanol–water partition coefficient (Wildman–Crippen LogP) is 3.02. The van der Waals surface area contributed by atoms with E-state index in [9.17, 15) is 28.1 Å². The number of carbonyl (C=O) groups excluding carboxylic acids is 2. The summed E-state index contributed by atoms with van der Waals surface area (Å²) in [5.74, 6) is -1.19. The van der Waals surface area contributed by atoms with Crippen molar-refractivity contribution in [3.8, 4) is 5.75 Å². The van der Waals surface area contributed by atoms with Gasteiger partial charge in [0.25, 0.3) is 11.6 Å². The molecule has 0 aliphatic heterocycles. The number of benzene rings is 3. The first kappa shape index (κ1) is 23.7. The van der Waals surface area contributed by atoms with Crippen molar-refractivity contribution in [2.75, 3.05) is 0 Å². The van der Waals surface area contributed by atoms with E-state index in [-0.39, 0.29) is 22.6 Å². The van der Waals surface area contributed by atoms with Gasteiger partial charge in [-0.05, 0) is 48.0 Å². The van der Waals surface area contributed by atoms with Gasteiger partial charge in [-0.15, -0.1) is 0 Å². The van der Waals surface area contributed by atoms with E-state index in [4.69, 9.17) is 15.8 Å². The Labute approximate surface area is 193 Å². The number of nitrogens with one attached hydrogen (secondary N) is 2. The quantitative estimate of drug-likeness (QED) is 0.295. The summed E-state index contributed by atoms with van der Waals surface area (Å²) in [6, 6.07) is 16.1. The van der Waals surface area contributed by atoms with E-state index in [1.165, 1.54) is 30.3 Å². The number of hydrogen-bond acceptors (Lipinski definition) is 7. The van der Waals surface area contributed by atoms with Crippen molar-refractivity contribution in [1.29, 1.82) is 0 Å². The van der Waals surface area contributed by atoms with Crippen LogP contribution in [0.4, 0.5) is 5.69 Å². The van der Waals surface area contributed by atoms with Crippen molar-refractivity contribution in [3.63, 3.8) is 0 Å². The molecule has 0 aliphatic rings. The second-order valence-corrected chi connectivity index (χ2v) is 8.60. The molecule has 0 fully saturated rings. The van der Waals surface area contributed by atoms with Crippen LogP contribution in [0.3, 0.4) is 0 Å². The molecular weight excluding hydrogens is 474 g/mol. The van der Waals surface area contributed by atoms with Crippen LogP contribution in [0.25, 0.3) is 0 Å². The van der Waals surface area contributed by atoms with Gasteiger partial charge >= 0.3 is 10.1 Å². The molecule has 0 saturated heterocycles. The van der Waals surface area contributed by atoms with Crippen LogP contribution in [0.2, 0.25) is 5.02 Å². The standard InChI is InChI=1S/C21H16ClN3O7S/c22-16-8-4-14(5-9-16)12-20(26)23-24-21(27)15-6-10-18(11-7-15)32-33(30,31)19-3-1-2-17(13-19)25(28)29/h1-11,13H,12H2,(H,23,26)(H,24,27). The number of rotatable bonds is 7. The van der Waals surface area contributed by atoms with Gasteiger partial charge in [-0.25, -0.2) is 0 Å². The van der Waals surface area contributed by atoms with Crippen LogP contribution < -0.4 is 15.0 Å². The zero-order chi connectivity index (χ0) is 24.0. The van der Waals surface area contributed by atoms with Crippen LogP contribution in [0.15, 0.2) is 77.7 Å². The maximum absolute atomic E-state index is 12.4. The first-order chi connectivity index (χ1) is 15.6. The maximum atomic E-state index is 12.4. The number of amides is 2. The van der Waals surface area contributed by atoms with Crippen LogP contribution in [0, 0.1) is 10.1 Å². The lowest BCUT2D eigenvalue weighted by Gasteiger charge is -2.09. The Morgan fingerprint density at radius 3 is 2.27 bits per heavy atom. The second kappa shape index (κ2) is 10.1. The highest BCUT2D eigenvalue weighted by Gasteiger charge is 2.20. The molecule has 0 aromatic heterocycles. The fourth-order valence-electron chi connectivity index (χ4n) is 2.62. The van der Waals surface area contributed by atoms with Crippen LogP contribution in [0.1, 0.15) is 15.9 Å². The van der Waals surface area contributed by atoms with E-state index >= 15 is 0 Å². The lowest BCUT2D eigenvalue weighted by Crippen LogP contribution is -2.42. The normalized spacial score (nSPS) is 10.8. The molecule has 3 aromatic carbocycles. The summed E-state index contributed by atoms with van der Waals surface area (Å²) >= 11 is 5.79. The zero-order valence-corrected chi connectivity index (χ0v) is 18.3. The topological polar surface area (TPSA) is 145 Å². The summed E-state index contributed by atoms with van der Waals surface area (Å²) in [7, 11) is -4.33. The Balaban J connectivity index is 1.58. The average Bonchev–Trinajstić information content (AvgIpc) is 2.79. The summed E-state index contributed by atoms with van der Waals surface area (Å²) < 4.78 is 29.7. The number of nitrogens with zero attached hydrogens (tertiary/aromatic N) is 1. The highest BCUT2D eigenvalue weighted by Crippen LogP contribution is 2.22. The van der Waals surface area contributed by atoms with E-state index in [1.807, 2.05) is 0 Å². The van der Waals surface area contributed by atoms with Crippen LogP contribution >= 0.6 is 11.6 Å². The van der Waals surface area contributed by atoms with Crippen LogP contribution in [0.5, 0.6) is 5.75 Å². The third-order valence-electron chi connectivity index (χ3n) is 4.23. The molecule has 12 heteroatoms. The van der Waals surface area contributed by atoms with Crippen molar-refractivity contribution < 1.29 is 27.1 Å². The fourth-order valence-corrected chi connectivity index (χ4v) is 3.72. The van der Waals surface area contributed by atoms with Gasteiger partial charge in [-0.1, -0.05) is 29.8 Å². The molecule has 0 heterocycles. The molecule has 3 rings (SSSR count). The molecule has 3 aromatic rings. The number of nitro groups is 1. The Morgan fingerprint density at radius 1 is 0.970 bits per heavy atom.